The van der Waals surface area contributed by atoms with Crippen LogP contribution < -0.4 is 11.1 Å². The van der Waals surface area contributed by atoms with Gasteiger partial charge in [-0.15, -0.1) is 0 Å². The molecule has 0 aliphatic rings. The van der Waals surface area contributed by atoms with Gasteiger partial charge in [-0.1, -0.05) is 45.1 Å². The summed E-state index contributed by atoms with van der Waals surface area (Å²) >= 11 is 0. The summed E-state index contributed by atoms with van der Waals surface area (Å²) in [5, 5.41) is 7.63. The summed E-state index contributed by atoms with van der Waals surface area (Å²) in [5.74, 6) is 1.32. The van der Waals surface area contributed by atoms with Gasteiger partial charge in [0.05, 0.1) is 12.2 Å². The molecule has 0 aromatic carbocycles. The van der Waals surface area contributed by atoms with Crippen molar-refractivity contribution in [3.63, 3.8) is 0 Å². The van der Waals surface area contributed by atoms with Crippen molar-refractivity contribution in [3.05, 3.63) is 41.3 Å². The lowest BCUT2D eigenvalue weighted by Gasteiger charge is -2.06. The molecule has 0 amide bonds. The second kappa shape index (κ2) is 10.6. The van der Waals surface area contributed by atoms with Gasteiger partial charge in [0.2, 0.25) is 0 Å². The molecule has 2 rings (SSSR count). The summed E-state index contributed by atoms with van der Waals surface area (Å²) in [6.07, 6.45) is 9.48. The number of pyridine rings is 1. The third-order valence-electron chi connectivity index (χ3n) is 4.30. The zero-order valence-corrected chi connectivity index (χ0v) is 16.3. The molecule has 2 aromatic rings. The number of hydrogen-bond donors (Lipinski definition) is 2. The maximum absolute atomic E-state index is 5.93. The van der Waals surface area contributed by atoms with Crippen LogP contribution in [-0.2, 0) is 6.54 Å². The third-order valence-corrected chi connectivity index (χ3v) is 4.30. The monoisotopic (exact) mass is 356 g/mol. The van der Waals surface area contributed by atoms with E-state index in [4.69, 9.17) is 5.73 Å². The molecule has 0 saturated carbocycles. The number of nitrogens with one attached hydrogen (secondary N) is 1. The lowest BCUT2D eigenvalue weighted by Crippen LogP contribution is -2.32. The van der Waals surface area contributed by atoms with E-state index >= 15 is 0 Å². The summed E-state index contributed by atoms with van der Waals surface area (Å²) in [6, 6.07) is 6.02. The molecule has 6 nitrogen and oxygen atoms in total. The molecular weight excluding hydrogens is 324 g/mol. The molecule has 0 aliphatic carbocycles. The first-order valence-corrected chi connectivity index (χ1v) is 9.62. The van der Waals surface area contributed by atoms with Gasteiger partial charge in [-0.2, -0.15) is 5.10 Å². The van der Waals surface area contributed by atoms with Crippen LogP contribution in [0.15, 0.2) is 29.4 Å². The average Bonchev–Trinajstić information content (AvgIpc) is 2.98. The third kappa shape index (κ3) is 6.50. The molecule has 0 saturated heterocycles. The first-order valence-electron chi connectivity index (χ1n) is 9.62. The smallest absolute Gasteiger partial charge is 0.188 e. The Balaban J connectivity index is 1.74. The number of rotatable bonds is 10. The minimum Gasteiger partial charge on any atom is -0.370 e. The van der Waals surface area contributed by atoms with Crippen molar-refractivity contribution < 1.29 is 0 Å². The molecule has 0 atom stereocenters. The van der Waals surface area contributed by atoms with Crippen LogP contribution >= 0.6 is 0 Å². The van der Waals surface area contributed by atoms with Crippen LogP contribution in [0.2, 0.25) is 0 Å². The molecule has 0 radical (unpaired) electrons. The standard InChI is InChI=1S/C20H32N6/c1-4-5-6-7-8-9-12-22-20(21)24-15-18-10-11-19(23-14-18)26-17(3)13-16(2)25-26/h10-11,13-14H,4-9,12,15H2,1-3H3,(H3,21,22,24). The molecule has 0 unspecified atom stereocenters. The Labute approximate surface area is 156 Å². The fraction of sp³-hybridized carbons (Fsp3) is 0.550. The number of nitrogens with two attached hydrogens (primary N) is 1. The summed E-state index contributed by atoms with van der Waals surface area (Å²) in [5.41, 5.74) is 9.02. The number of aromatic nitrogens is 3. The zero-order valence-electron chi connectivity index (χ0n) is 16.3. The maximum atomic E-state index is 5.93. The molecule has 2 heterocycles. The van der Waals surface area contributed by atoms with Gasteiger partial charge < -0.3 is 11.1 Å². The Morgan fingerprint density at radius 1 is 1.15 bits per heavy atom. The van der Waals surface area contributed by atoms with E-state index in [9.17, 15) is 0 Å². The van der Waals surface area contributed by atoms with Crippen molar-refractivity contribution in [2.45, 2.75) is 65.8 Å². The Bertz CT molecular complexity index is 687. The molecule has 3 N–H and O–H groups in total. The average molecular weight is 357 g/mol. The van der Waals surface area contributed by atoms with Gasteiger partial charge in [0.15, 0.2) is 11.8 Å². The number of hydrogen-bond acceptors (Lipinski definition) is 3. The fourth-order valence-electron chi connectivity index (χ4n) is 2.85. The van der Waals surface area contributed by atoms with E-state index in [1.54, 1.807) is 0 Å². The minimum absolute atomic E-state index is 0.501. The first kappa shape index (κ1) is 19.9. The van der Waals surface area contributed by atoms with Crippen molar-refractivity contribution in [1.82, 2.24) is 20.1 Å². The first-order chi connectivity index (χ1) is 12.6. The van der Waals surface area contributed by atoms with E-state index in [0.717, 1.165) is 35.7 Å². The van der Waals surface area contributed by atoms with Gasteiger partial charge in [-0.25, -0.2) is 14.7 Å². The van der Waals surface area contributed by atoms with Crippen molar-refractivity contribution >= 4 is 5.96 Å². The van der Waals surface area contributed by atoms with Crippen LogP contribution in [0.1, 0.15) is 62.4 Å². The fourth-order valence-corrected chi connectivity index (χ4v) is 2.85. The Morgan fingerprint density at radius 3 is 2.58 bits per heavy atom. The van der Waals surface area contributed by atoms with E-state index in [2.05, 4.69) is 27.3 Å². The van der Waals surface area contributed by atoms with Crippen molar-refractivity contribution in [1.29, 1.82) is 0 Å². The van der Waals surface area contributed by atoms with Gasteiger partial charge >= 0.3 is 0 Å². The van der Waals surface area contributed by atoms with Crippen molar-refractivity contribution in [2.24, 2.45) is 10.7 Å². The molecule has 0 spiro atoms. The lowest BCUT2D eigenvalue weighted by molar-refractivity contribution is 0.601. The van der Waals surface area contributed by atoms with Gasteiger partial charge in [0.25, 0.3) is 0 Å². The highest BCUT2D eigenvalue weighted by Crippen LogP contribution is 2.10. The highest BCUT2D eigenvalue weighted by atomic mass is 15.3. The summed E-state index contributed by atoms with van der Waals surface area (Å²) in [7, 11) is 0. The second-order valence-corrected chi connectivity index (χ2v) is 6.76. The van der Waals surface area contributed by atoms with E-state index in [1.165, 1.54) is 32.1 Å². The number of aliphatic imine (C=N–C) groups is 1. The van der Waals surface area contributed by atoms with Crippen molar-refractivity contribution in [2.75, 3.05) is 6.54 Å². The SMILES string of the molecule is CCCCCCCCNC(N)=NCc1ccc(-n2nc(C)cc2C)nc1. The molecule has 0 fully saturated rings. The van der Waals surface area contributed by atoms with Crippen molar-refractivity contribution in [3.8, 4) is 5.82 Å². The Kier molecular flexibility index (Phi) is 8.12. The Morgan fingerprint density at radius 2 is 1.92 bits per heavy atom. The quantitative estimate of drug-likeness (QED) is 0.387. The number of aryl methyl sites for hydroxylation is 2. The van der Waals surface area contributed by atoms with Crippen LogP contribution in [0.25, 0.3) is 5.82 Å². The van der Waals surface area contributed by atoms with Crippen LogP contribution in [0, 0.1) is 13.8 Å². The van der Waals surface area contributed by atoms with Gasteiger partial charge in [0, 0.05) is 18.4 Å². The van der Waals surface area contributed by atoms with Gasteiger partial charge in [-0.05, 0) is 38.0 Å². The predicted octanol–water partition coefficient (Wildman–Crippen LogP) is 3.65. The van der Waals surface area contributed by atoms with E-state index in [1.807, 2.05) is 42.9 Å². The summed E-state index contributed by atoms with van der Waals surface area (Å²) in [6.45, 7) is 7.65. The molecule has 2 aromatic heterocycles. The van der Waals surface area contributed by atoms with E-state index < -0.39 is 0 Å². The summed E-state index contributed by atoms with van der Waals surface area (Å²) < 4.78 is 1.85. The molecule has 142 valence electrons. The molecule has 0 bridgehead atoms. The van der Waals surface area contributed by atoms with Crippen LogP contribution in [-0.4, -0.2) is 27.3 Å². The second-order valence-electron chi connectivity index (χ2n) is 6.76. The molecule has 26 heavy (non-hydrogen) atoms. The molecular formula is C20H32N6. The van der Waals surface area contributed by atoms with Gasteiger partial charge in [-0.3, -0.25) is 0 Å². The maximum Gasteiger partial charge on any atom is 0.188 e. The molecule has 0 aliphatic heterocycles. The molecule has 6 heteroatoms. The van der Waals surface area contributed by atoms with Crippen LogP contribution in [0.5, 0.6) is 0 Å². The topological polar surface area (TPSA) is 81.1 Å². The van der Waals surface area contributed by atoms with Gasteiger partial charge in [0.1, 0.15) is 0 Å². The number of guanidine groups is 1. The normalized spacial score (nSPS) is 11.7. The predicted molar refractivity (Wildman–Crippen MR) is 108 cm³/mol. The van der Waals surface area contributed by atoms with E-state index in [-0.39, 0.29) is 0 Å². The van der Waals surface area contributed by atoms with Crippen LogP contribution in [0.3, 0.4) is 0 Å². The zero-order chi connectivity index (χ0) is 18.8. The van der Waals surface area contributed by atoms with E-state index in [0.29, 0.717) is 12.5 Å². The number of unbranched alkanes of at least 4 members (excludes halogenated alkanes) is 5. The highest BCUT2D eigenvalue weighted by molar-refractivity contribution is 5.77. The van der Waals surface area contributed by atoms with Crippen LogP contribution in [0.4, 0.5) is 0 Å². The number of nitrogens with zero attached hydrogens (tertiary/aromatic N) is 4. The summed E-state index contributed by atoms with van der Waals surface area (Å²) in [4.78, 5) is 8.87. The lowest BCUT2D eigenvalue weighted by atomic mass is 10.1. The largest absolute Gasteiger partial charge is 0.370 e. The highest BCUT2D eigenvalue weighted by Gasteiger charge is 2.04. The Hall–Kier alpha value is -2.37. The minimum atomic E-state index is 0.501.